The zero-order chi connectivity index (χ0) is 36.9. The van der Waals surface area contributed by atoms with E-state index >= 15 is 0 Å². The third kappa shape index (κ3) is 4.32. The summed E-state index contributed by atoms with van der Waals surface area (Å²) >= 11 is 0. The van der Waals surface area contributed by atoms with Crippen LogP contribution < -0.4 is 4.57 Å². The van der Waals surface area contributed by atoms with Gasteiger partial charge in [0.25, 0.3) is 0 Å². The van der Waals surface area contributed by atoms with E-state index in [1.165, 1.54) is 22.3 Å². The van der Waals surface area contributed by atoms with Gasteiger partial charge in [-0.25, -0.2) is 4.57 Å². The molecule has 246 valence electrons. The molecule has 0 aliphatic carbocycles. The fourth-order valence-electron chi connectivity index (χ4n) is 7.92. The molecule has 0 saturated carbocycles. The zero-order valence-electron chi connectivity index (χ0n) is 32.1. The number of pyridine rings is 1. The quantitative estimate of drug-likeness (QED) is 0.173. The number of aryl methyl sites for hydroxylation is 3. The Balaban J connectivity index is 1.47. The highest BCUT2D eigenvalue weighted by atomic mass is 16.3. The first-order valence-corrected chi connectivity index (χ1v) is 17.3. The van der Waals surface area contributed by atoms with E-state index in [1.54, 1.807) is 0 Å². The molecule has 4 heterocycles. The molecule has 0 spiro atoms. The van der Waals surface area contributed by atoms with Gasteiger partial charge in [-0.1, -0.05) is 88.4 Å². The minimum Gasteiger partial charge on any atom is -0.456 e. The van der Waals surface area contributed by atoms with Gasteiger partial charge in [0.15, 0.2) is 16.6 Å². The summed E-state index contributed by atoms with van der Waals surface area (Å²) in [7, 11) is 2.07. The topological polar surface area (TPSA) is 48.0 Å². The predicted molar refractivity (Wildman–Crippen MR) is 205 cm³/mol. The maximum absolute atomic E-state index is 8.65. The van der Waals surface area contributed by atoms with Crippen molar-refractivity contribution in [1.82, 2.24) is 9.55 Å². The van der Waals surface area contributed by atoms with Crippen LogP contribution in [0.1, 0.15) is 66.2 Å². The van der Waals surface area contributed by atoms with Crippen molar-refractivity contribution in [3.05, 3.63) is 126 Å². The van der Waals surface area contributed by atoms with E-state index in [1.807, 2.05) is 43.3 Å². The number of nitrogens with zero attached hydrogens (tertiary/aromatic N) is 3. The summed E-state index contributed by atoms with van der Waals surface area (Å²) in [6, 6.07) is 35.3. The Labute approximate surface area is 295 Å². The van der Waals surface area contributed by atoms with Crippen LogP contribution in [0.4, 0.5) is 0 Å². The smallest absolute Gasteiger partial charge is 0.300 e. The molecule has 5 nitrogen and oxygen atoms in total. The van der Waals surface area contributed by atoms with E-state index in [9.17, 15) is 0 Å². The van der Waals surface area contributed by atoms with Gasteiger partial charge in [0.05, 0.1) is 23.5 Å². The summed E-state index contributed by atoms with van der Waals surface area (Å²) in [5.74, 6) is 1.25. The number of benzene rings is 5. The monoisotopic (exact) mass is 657 g/mol. The molecule has 4 aromatic heterocycles. The Morgan fingerprint density at radius 1 is 0.680 bits per heavy atom. The fourth-order valence-corrected chi connectivity index (χ4v) is 7.92. The van der Waals surface area contributed by atoms with Gasteiger partial charge in [0.1, 0.15) is 28.0 Å². The number of imidazole rings is 1. The SMILES string of the molecule is [2H]C([2H])([2H])c1nc(C)c(-c2n(-c3c(C(C)C)cc(-c4ccccc4)cc3C(C)C)c3ccccc3[n+]2C)c2oc3c(ccc4oc5ccccc5c43)c12. The van der Waals surface area contributed by atoms with Crippen LogP contribution in [-0.4, -0.2) is 9.55 Å². The summed E-state index contributed by atoms with van der Waals surface area (Å²) in [4.78, 5) is 4.94. The highest BCUT2D eigenvalue weighted by molar-refractivity contribution is 6.23. The minimum absolute atomic E-state index is 0.0305. The minimum atomic E-state index is -2.48. The van der Waals surface area contributed by atoms with Crippen molar-refractivity contribution >= 4 is 54.9 Å². The van der Waals surface area contributed by atoms with Crippen LogP contribution in [0.2, 0.25) is 0 Å². The lowest BCUT2D eigenvalue weighted by Crippen LogP contribution is -2.31. The second kappa shape index (κ2) is 11.2. The number of para-hydroxylation sites is 3. The first kappa shape index (κ1) is 27.2. The van der Waals surface area contributed by atoms with E-state index in [0.29, 0.717) is 33.2 Å². The van der Waals surface area contributed by atoms with Crippen LogP contribution >= 0.6 is 0 Å². The largest absolute Gasteiger partial charge is 0.456 e. The van der Waals surface area contributed by atoms with Crippen molar-refractivity contribution in [2.24, 2.45) is 7.05 Å². The normalized spacial score (nSPS) is 13.4. The second-order valence-corrected chi connectivity index (χ2v) is 14.0. The molecule has 0 bridgehead atoms. The zero-order valence-corrected chi connectivity index (χ0v) is 29.1. The first-order chi connectivity index (χ1) is 25.4. The summed E-state index contributed by atoms with van der Waals surface area (Å²) in [6.45, 7) is 8.41. The summed E-state index contributed by atoms with van der Waals surface area (Å²) < 4.78 is 43.8. The Morgan fingerprint density at radius 3 is 2.12 bits per heavy atom. The van der Waals surface area contributed by atoms with Gasteiger partial charge < -0.3 is 8.83 Å². The molecule has 9 rings (SSSR count). The molecule has 0 N–H and O–H groups in total. The Hall–Kier alpha value is -5.68. The summed E-state index contributed by atoms with van der Waals surface area (Å²) in [5.41, 5.74) is 11.8. The van der Waals surface area contributed by atoms with Crippen LogP contribution in [0.25, 0.3) is 83.1 Å². The van der Waals surface area contributed by atoms with Crippen LogP contribution in [0, 0.1) is 13.8 Å². The molecule has 5 heteroatoms. The van der Waals surface area contributed by atoms with E-state index in [4.69, 9.17) is 17.9 Å². The Bertz CT molecular complexity index is 2880. The van der Waals surface area contributed by atoms with E-state index in [2.05, 4.69) is 111 Å². The lowest BCUT2D eigenvalue weighted by molar-refractivity contribution is -0.633. The van der Waals surface area contributed by atoms with Gasteiger partial charge in [-0.2, -0.15) is 4.57 Å². The van der Waals surface area contributed by atoms with Crippen LogP contribution in [0.3, 0.4) is 0 Å². The number of aromatic nitrogens is 3. The van der Waals surface area contributed by atoms with E-state index in [-0.39, 0.29) is 17.5 Å². The number of hydrogen-bond acceptors (Lipinski definition) is 3. The molecule has 5 aromatic carbocycles. The second-order valence-electron chi connectivity index (χ2n) is 14.0. The van der Waals surface area contributed by atoms with Crippen molar-refractivity contribution < 1.29 is 17.5 Å². The molecule has 0 aliphatic rings. The molecular weight excluding hydrogens is 615 g/mol. The molecule has 0 aliphatic heterocycles. The fraction of sp³-hybridized carbons (Fsp3) is 0.200. The molecule has 0 fully saturated rings. The van der Waals surface area contributed by atoms with Gasteiger partial charge >= 0.3 is 5.82 Å². The van der Waals surface area contributed by atoms with Crippen molar-refractivity contribution in [3.8, 4) is 28.2 Å². The molecular formula is C45H40N3O2+. The van der Waals surface area contributed by atoms with Crippen molar-refractivity contribution in [1.29, 1.82) is 0 Å². The third-order valence-electron chi connectivity index (χ3n) is 10.3. The molecule has 0 radical (unpaired) electrons. The number of fused-ring (bicyclic) bond motifs is 8. The highest BCUT2D eigenvalue weighted by Crippen LogP contribution is 2.45. The van der Waals surface area contributed by atoms with Crippen LogP contribution in [0.15, 0.2) is 112 Å². The summed E-state index contributed by atoms with van der Waals surface area (Å²) in [5, 5.41) is 2.93. The van der Waals surface area contributed by atoms with Gasteiger partial charge in [-0.15, -0.1) is 0 Å². The van der Waals surface area contributed by atoms with E-state index in [0.717, 1.165) is 44.5 Å². The van der Waals surface area contributed by atoms with Gasteiger partial charge in [0, 0.05) is 31.7 Å². The molecule has 0 atom stereocenters. The lowest BCUT2D eigenvalue weighted by Gasteiger charge is -2.21. The molecule has 50 heavy (non-hydrogen) atoms. The average Bonchev–Trinajstić information content (AvgIpc) is 3.80. The lowest BCUT2D eigenvalue weighted by atomic mass is 9.88. The highest BCUT2D eigenvalue weighted by Gasteiger charge is 2.35. The Morgan fingerprint density at radius 2 is 1.38 bits per heavy atom. The van der Waals surface area contributed by atoms with Crippen molar-refractivity contribution in [2.45, 2.75) is 53.3 Å². The Kier molecular flexibility index (Phi) is 6.07. The molecule has 9 aromatic rings. The predicted octanol–water partition coefficient (Wildman–Crippen LogP) is 11.8. The number of furan rings is 2. The van der Waals surface area contributed by atoms with Crippen LogP contribution in [0.5, 0.6) is 0 Å². The first-order valence-electron chi connectivity index (χ1n) is 18.8. The van der Waals surface area contributed by atoms with E-state index < -0.39 is 6.85 Å². The standard InChI is InChI=1S/C45H40N3O2/c1-25(2)33-23-30(29-15-9-8-10-16-29)24-34(26(3)4)42(33)48-36-19-13-12-18-35(36)47(7)45(48)40-28(6)46-27(5)39-32-21-22-38-41(43(32)50-44(39)40)31-17-11-14-20-37(31)49-38/h8-26H,1-7H3/q+1/i5D3. The maximum atomic E-state index is 8.65. The van der Waals surface area contributed by atoms with Crippen LogP contribution in [-0.2, 0) is 7.05 Å². The molecule has 0 amide bonds. The molecule has 0 unspecified atom stereocenters. The van der Waals surface area contributed by atoms with Gasteiger partial charge in [0.2, 0.25) is 0 Å². The number of rotatable bonds is 5. The number of hydrogen-bond donors (Lipinski definition) is 0. The molecule has 0 saturated heterocycles. The summed E-state index contributed by atoms with van der Waals surface area (Å²) in [6.07, 6.45) is 0. The maximum Gasteiger partial charge on any atom is 0.300 e. The third-order valence-corrected chi connectivity index (χ3v) is 10.3. The van der Waals surface area contributed by atoms with Crippen molar-refractivity contribution in [3.63, 3.8) is 0 Å². The van der Waals surface area contributed by atoms with Gasteiger partial charge in [-0.05, 0) is 79.2 Å². The van der Waals surface area contributed by atoms with Crippen molar-refractivity contribution in [2.75, 3.05) is 0 Å². The van der Waals surface area contributed by atoms with Gasteiger partial charge in [-0.3, -0.25) is 4.98 Å². The average molecular weight is 658 g/mol.